The zero-order valence-electron chi connectivity index (χ0n) is 17.9. The summed E-state index contributed by atoms with van der Waals surface area (Å²) in [5.41, 5.74) is 1.92. The Labute approximate surface area is 182 Å². The number of para-hydroxylation sites is 3. The van der Waals surface area contributed by atoms with Crippen molar-refractivity contribution in [2.45, 2.75) is 19.6 Å². The molecular weight excluding hydrogens is 392 g/mol. The number of amides is 2. The summed E-state index contributed by atoms with van der Waals surface area (Å²) in [5.74, 6) is 0.491. The van der Waals surface area contributed by atoms with E-state index >= 15 is 0 Å². The lowest BCUT2D eigenvalue weighted by atomic mass is 10.1. The van der Waals surface area contributed by atoms with Gasteiger partial charge in [0.15, 0.2) is 17.6 Å². The number of benzene rings is 3. The lowest BCUT2D eigenvalue weighted by Gasteiger charge is -2.24. The second-order valence-corrected chi connectivity index (χ2v) is 6.99. The van der Waals surface area contributed by atoms with Gasteiger partial charge in [0, 0.05) is 13.6 Å². The van der Waals surface area contributed by atoms with Gasteiger partial charge in [-0.2, -0.15) is 0 Å². The van der Waals surface area contributed by atoms with Crippen LogP contribution in [0.15, 0.2) is 78.9 Å². The molecule has 0 fully saturated rings. The molecule has 160 valence electrons. The van der Waals surface area contributed by atoms with Crippen LogP contribution in [0.25, 0.3) is 0 Å². The topological polar surface area (TPSA) is 67.9 Å². The van der Waals surface area contributed by atoms with Gasteiger partial charge < -0.3 is 19.7 Å². The van der Waals surface area contributed by atoms with E-state index in [0.29, 0.717) is 29.3 Å². The number of hydrogen-bond acceptors (Lipinski definition) is 4. The third-order valence-electron chi connectivity index (χ3n) is 4.86. The van der Waals surface area contributed by atoms with Gasteiger partial charge in [0.25, 0.3) is 11.8 Å². The van der Waals surface area contributed by atoms with Gasteiger partial charge in [-0.1, -0.05) is 54.6 Å². The minimum absolute atomic E-state index is 0.252. The molecule has 3 aromatic rings. The summed E-state index contributed by atoms with van der Waals surface area (Å²) in [6, 6.07) is 23.8. The molecule has 2 amide bonds. The standard InChI is InChI=1S/C25H26N2O4/c1-18(31-23-16-10-9-15-22(23)30-3)25(29)27(2)21-14-8-7-13-20(21)24(28)26-17-19-11-5-4-6-12-19/h4-16,18H,17H2,1-3H3,(H,26,28). The average Bonchev–Trinajstić information content (AvgIpc) is 2.82. The molecule has 0 bridgehead atoms. The molecular formula is C25H26N2O4. The normalized spacial score (nSPS) is 11.3. The molecule has 0 aliphatic heterocycles. The quantitative estimate of drug-likeness (QED) is 0.599. The van der Waals surface area contributed by atoms with Gasteiger partial charge in [0.2, 0.25) is 0 Å². The Morgan fingerprint density at radius 2 is 1.52 bits per heavy atom. The van der Waals surface area contributed by atoms with Crippen LogP contribution < -0.4 is 19.7 Å². The first-order chi connectivity index (χ1) is 15.0. The van der Waals surface area contributed by atoms with Crippen LogP contribution >= 0.6 is 0 Å². The maximum absolute atomic E-state index is 13.0. The molecule has 0 aliphatic carbocycles. The predicted octanol–water partition coefficient (Wildman–Crippen LogP) is 4.06. The number of hydrogen-bond donors (Lipinski definition) is 1. The maximum atomic E-state index is 13.0. The van der Waals surface area contributed by atoms with E-state index in [4.69, 9.17) is 9.47 Å². The molecule has 0 aromatic heterocycles. The molecule has 6 nitrogen and oxygen atoms in total. The summed E-state index contributed by atoms with van der Waals surface area (Å²) >= 11 is 0. The van der Waals surface area contributed by atoms with E-state index in [0.717, 1.165) is 5.56 Å². The van der Waals surface area contributed by atoms with E-state index in [1.165, 1.54) is 4.90 Å². The molecule has 6 heteroatoms. The Balaban J connectivity index is 1.73. The Morgan fingerprint density at radius 1 is 0.903 bits per heavy atom. The maximum Gasteiger partial charge on any atom is 0.267 e. The van der Waals surface area contributed by atoms with Gasteiger partial charge in [-0.05, 0) is 36.8 Å². The summed E-state index contributed by atoms with van der Waals surface area (Å²) in [5, 5.41) is 2.91. The second kappa shape index (κ2) is 10.3. The van der Waals surface area contributed by atoms with Crippen molar-refractivity contribution in [3.63, 3.8) is 0 Å². The molecule has 0 radical (unpaired) electrons. The smallest absolute Gasteiger partial charge is 0.267 e. The Morgan fingerprint density at radius 3 is 2.23 bits per heavy atom. The van der Waals surface area contributed by atoms with Crippen LogP contribution in [0.3, 0.4) is 0 Å². The lowest BCUT2D eigenvalue weighted by molar-refractivity contribution is -0.124. The summed E-state index contributed by atoms with van der Waals surface area (Å²) in [6.07, 6.45) is -0.776. The van der Waals surface area contributed by atoms with Crippen LogP contribution in [-0.2, 0) is 11.3 Å². The number of ether oxygens (including phenoxy) is 2. The van der Waals surface area contributed by atoms with Crippen molar-refractivity contribution in [2.75, 3.05) is 19.1 Å². The van der Waals surface area contributed by atoms with Crippen LogP contribution in [0.5, 0.6) is 11.5 Å². The first kappa shape index (κ1) is 21.9. The molecule has 0 saturated carbocycles. The molecule has 1 atom stereocenters. The Bertz CT molecular complexity index is 1040. The second-order valence-electron chi connectivity index (χ2n) is 6.99. The van der Waals surface area contributed by atoms with Crippen LogP contribution in [0.4, 0.5) is 5.69 Å². The zero-order valence-corrected chi connectivity index (χ0v) is 17.9. The Hall–Kier alpha value is -3.80. The predicted molar refractivity (Wildman–Crippen MR) is 121 cm³/mol. The van der Waals surface area contributed by atoms with Crippen molar-refractivity contribution in [2.24, 2.45) is 0 Å². The molecule has 0 saturated heterocycles. The van der Waals surface area contributed by atoms with Gasteiger partial charge in [-0.25, -0.2) is 0 Å². The van der Waals surface area contributed by atoms with Gasteiger partial charge in [-0.3, -0.25) is 9.59 Å². The SMILES string of the molecule is COc1ccccc1OC(C)C(=O)N(C)c1ccccc1C(=O)NCc1ccccc1. The number of nitrogens with one attached hydrogen (secondary N) is 1. The number of anilines is 1. The minimum Gasteiger partial charge on any atom is -0.493 e. The first-order valence-electron chi connectivity index (χ1n) is 9.99. The van der Waals surface area contributed by atoms with E-state index in [1.54, 1.807) is 57.5 Å². The van der Waals surface area contributed by atoms with Gasteiger partial charge in [0.05, 0.1) is 18.4 Å². The molecule has 0 heterocycles. The van der Waals surface area contributed by atoms with Crippen LogP contribution in [-0.4, -0.2) is 32.1 Å². The highest BCUT2D eigenvalue weighted by atomic mass is 16.5. The average molecular weight is 418 g/mol. The van der Waals surface area contributed by atoms with Crippen molar-refractivity contribution in [1.29, 1.82) is 0 Å². The number of rotatable bonds is 8. The summed E-state index contributed by atoms with van der Waals surface area (Å²) in [4.78, 5) is 27.3. The van der Waals surface area contributed by atoms with Crippen molar-refractivity contribution in [3.8, 4) is 11.5 Å². The van der Waals surface area contributed by atoms with Gasteiger partial charge in [-0.15, -0.1) is 0 Å². The molecule has 1 N–H and O–H groups in total. The van der Waals surface area contributed by atoms with Crippen LogP contribution in [0.1, 0.15) is 22.8 Å². The summed E-state index contributed by atoms with van der Waals surface area (Å²) < 4.78 is 11.1. The van der Waals surface area contributed by atoms with E-state index < -0.39 is 6.10 Å². The number of carbonyl (C=O) groups is 2. The molecule has 1 unspecified atom stereocenters. The van der Waals surface area contributed by atoms with E-state index in [9.17, 15) is 9.59 Å². The van der Waals surface area contributed by atoms with Crippen molar-refractivity contribution < 1.29 is 19.1 Å². The lowest BCUT2D eigenvalue weighted by Crippen LogP contribution is -2.39. The molecule has 31 heavy (non-hydrogen) atoms. The first-order valence-corrected chi connectivity index (χ1v) is 9.99. The zero-order chi connectivity index (χ0) is 22.2. The number of likely N-dealkylation sites (N-methyl/N-ethyl adjacent to an activating group) is 1. The van der Waals surface area contributed by atoms with E-state index in [1.807, 2.05) is 42.5 Å². The van der Waals surface area contributed by atoms with Crippen molar-refractivity contribution in [3.05, 3.63) is 90.0 Å². The fourth-order valence-electron chi connectivity index (χ4n) is 3.18. The molecule has 3 aromatic carbocycles. The fraction of sp³-hybridized carbons (Fsp3) is 0.200. The summed E-state index contributed by atoms with van der Waals surface area (Å²) in [6.45, 7) is 2.07. The van der Waals surface area contributed by atoms with E-state index in [2.05, 4.69) is 5.32 Å². The summed E-state index contributed by atoms with van der Waals surface area (Å²) in [7, 11) is 3.18. The van der Waals surface area contributed by atoms with Gasteiger partial charge in [0.1, 0.15) is 0 Å². The van der Waals surface area contributed by atoms with Crippen LogP contribution in [0.2, 0.25) is 0 Å². The third-order valence-corrected chi connectivity index (χ3v) is 4.86. The molecule has 3 rings (SSSR count). The largest absolute Gasteiger partial charge is 0.493 e. The minimum atomic E-state index is -0.776. The highest BCUT2D eigenvalue weighted by molar-refractivity contribution is 6.05. The van der Waals surface area contributed by atoms with E-state index in [-0.39, 0.29) is 11.8 Å². The Kier molecular flexibility index (Phi) is 7.27. The third kappa shape index (κ3) is 5.42. The van der Waals surface area contributed by atoms with Crippen LogP contribution in [0, 0.1) is 0 Å². The highest BCUT2D eigenvalue weighted by Gasteiger charge is 2.24. The fourth-order valence-corrected chi connectivity index (χ4v) is 3.18. The van der Waals surface area contributed by atoms with Crippen molar-refractivity contribution in [1.82, 2.24) is 5.32 Å². The molecule has 0 spiro atoms. The highest BCUT2D eigenvalue weighted by Crippen LogP contribution is 2.28. The number of nitrogens with zero attached hydrogens (tertiary/aromatic N) is 1. The van der Waals surface area contributed by atoms with Crippen molar-refractivity contribution >= 4 is 17.5 Å². The molecule has 0 aliphatic rings. The van der Waals surface area contributed by atoms with Gasteiger partial charge >= 0.3 is 0 Å². The monoisotopic (exact) mass is 418 g/mol. The number of carbonyl (C=O) groups excluding carboxylic acids is 2. The number of methoxy groups -OCH3 is 1.